The van der Waals surface area contributed by atoms with Gasteiger partial charge in [-0.2, -0.15) is 0 Å². The van der Waals surface area contributed by atoms with Crippen LogP contribution < -0.4 is 5.32 Å². The van der Waals surface area contributed by atoms with Crippen molar-refractivity contribution in [3.8, 4) is 0 Å². The molecule has 0 spiro atoms. The highest BCUT2D eigenvalue weighted by Crippen LogP contribution is 2.23. The number of sulfonamides is 1. The number of hydrogen-bond acceptors (Lipinski definition) is 5. The number of imidazole rings is 1. The summed E-state index contributed by atoms with van der Waals surface area (Å²) in [5, 5.41) is 2.82. The molecule has 0 aliphatic heterocycles. The Balaban J connectivity index is 1.82. The molecule has 0 fully saturated rings. The zero-order valence-electron chi connectivity index (χ0n) is 16.1. The smallest absolute Gasteiger partial charge is 0.242 e. The molecular formula is C19H23N5O3S. The van der Waals surface area contributed by atoms with E-state index >= 15 is 0 Å². The van der Waals surface area contributed by atoms with Crippen LogP contribution in [-0.2, 0) is 27.8 Å². The lowest BCUT2D eigenvalue weighted by atomic mass is 10.2. The molecule has 0 aliphatic carbocycles. The van der Waals surface area contributed by atoms with E-state index in [1.165, 1.54) is 18.4 Å². The van der Waals surface area contributed by atoms with Crippen LogP contribution in [0.15, 0.2) is 47.6 Å². The number of benzene rings is 1. The van der Waals surface area contributed by atoms with Crippen molar-refractivity contribution in [2.75, 3.05) is 19.4 Å². The topological polar surface area (TPSA) is 97.2 Å². The first-order valence-corrected chi connectivity index (χ1v) is 10.4. The van der Waals surface area contributed by atoms with Crippen LogP contribution in [0.4, 0.5) is 5.69 Å². The van der Waals surface area contributed by atoms with Gasteiger partial charge in [-0.15, -0.1) is 0 Å². The van der Waals surface area contributed by atoms with Gasteiger partial charge in [0.05, 0.1) is 15.9 Å². The van der Waals surface area contributed by atoms with Gasteiger partial charge in [-0.25, -0.2) is 17.7 Å². The van der Waals surface area contributed by atoms with E-state index < -0.39 is 10.0 Å². The van der Waals surface area contributed by atoms with Crippen molar-refractivity contribution in [1.29, 1.82) is 0 Å². The minimum atomic E-state index is -3.52. The average molecular weight is 401 g/mol. The fraction of sp³-hybridized carbons (Fsp3) is 0.316. The van der Waals surface area contributed by atoms with Gasteiger partial charge in [0.2, 0.25) is 15.9 Å². The Hall–Kier alpha value is -2.78. The Morgan fingerprint density at radius 3 is 2.54 bits per heavy atom. The lowest BCUT2D eigenvalue weighted by molar-refractivity contribution is -0.116. The Morgan fingerprint density at radius 2 is 1.89 bits per heavy atom. The van der Waals surface area contributed by atoms with E-state index in [0.29, 0.717) is 24.2 Å². The van der Waals surface area contributed by atoms with Crippen molar-refractivity contribution in [2.24, 2.45) is 0 Å². The number of fused-ring (bicyclic) bond motifs is 1. The van der Waals surface area contributed by atoms with E-state index in [1.54, 1.807) is 42.7 Å². The van der Waals surface area contributed by atoms with Crippen LogP contribution in [0.3, 0.4) is 0 Å². The number of nitrogens with one attached hydrogen (secondary N) is 1. The highest BCUT2D eigenvalue weighted by Gasteiger charge is 2.19. The molecule has 0 bridgehead atoms. The molecule has 0 atom stereocenters. The van der Waals surface area contributed by atoms with Crippen LogP contribution in [0.25, 0.3) is 11.0 Å². The molecule has 8 nitrogen and oxygen atoms in total. The number of rotatable bonds is 7. The fourth-order valence-corrected chi connectivity index (χ4v) is 3.88. The third kappa shape index (κ3) is 4.05. The first kappa shape index (κ1) is 20.0. The molecule has 1 N–H and O–H groups in total. The van der Waals surface area contributed by atoms with Crippen molar-refractivity contribution in [2.45, 2.75) is 31.2 Å². The molecule has 1 aromatic carbocycles. The summed E-state index contributed by atoms with van der Waals surface area (Å²) in [5.41, 5.74) is 2.15. The maximum atomic E-state index is 12.4. The second-order valence-electron chi connectivity index (χ2n) is 6.49. The number of carbonyl (C=O) groups excluding carboxylic acids is 1. The molecule has 3 aromatic rings. The molecule has 3 rings (SSSR count). The number of hydrogen-bond donors (Lipinski definition) is 1. The molecule has 2 heterocycles. The monoisotopic (exact) mass is 401 g/mol. The standard InChI is InChI=1S/C19H23N5O3S/c1-4-24-17-6-5-15(28(26,27)23(2)3)13-16(17)22-18(24)7-8-19(25)21-14-9-11-20-12-10-14/h5-6,9-13H,4,7-8H2,1-3H3,(H,20,21,25). The van der Waals surface area contributed by atoms with Crippen LogP contribution in [0, 0.1) is 0 Å². The number of carbonyl (C=O) groups is 1. The lowest BCUT2D eigenvalue weighted by Crippen LogP contribution is -2.22. The van der Waals surface area contributed by atoms with E-state index in [1.807, 2.05) is 11.5 Å². The lowest BCUT2D eigenvalue weighted by Gasteiger charge is -2.11. The highest BCUT2D eigenvalue weighted by atomic mass is 32.2. The Labute approximate surface area is 164 Å². The predicted molar refractivity (Wildman–Crippen MR) is 107 cm³/mol. The number of aryl methyl sites for hydroxylation is 2. The normalized spacial score (nSPS) is 11.9. The summed E-state index contributed by atoms with van der Waals surface area (Å²) < 4.78 is 27.9. The van der Waals surface area contributed by atoms with E-state index in [-0.39, 0.29) is 17.2 Å². The van der Waals surface area contributed by atoms with Gasteiger partial charge < -0.3 is 9.88 Å². The third-order valence-electron chi connectivity index (χ3n) is 4.43. The largest absolute Gasteiger partial charge is 0.328 e. The summed E-state index contributed by atoms with van der Waals surface area (Å²) in [4.78, 5) is 20.9. The molecule has 0 saturated heterocycles. The van der Waals surface area contributed by atoms with Gasteiger partial charge in [-0.1, -0.05) is 0 Å². The second-order valence-corrected chi connectivity index (χ2v) is 8.65. The summed E-state index contributed by atoms with van der Waals surface area (Å²) in [5.74, 6) is 0.638. The molecule has 0 unspecified atom stereocenters. The van der Waals surface area contributed by atoms with Crippen molar-refractivity contribution >= 4 is 32.7 Å². The van der Waals surface area contributed by atoms with Crippen LogP contribution >= 0.6 is 0 Å². The highest BCUT2D eigenvalue weighted by molar-refractivity contribution is 7.89. The molecule has 148 valence electrons. The van der Waals surface area contributed by atoms with Gasteiger partial charge >= 0.3 is 0 Å². The molecule has 2 aromatic heterocycles. The minimum Gasteiger partial charge on any atom is -0.328 e. The second kappa shape index (κ2) is 8.07. The van der Waals surface area contributed by atoms with Gasteiger partial charge in [0.15, 0.2) is 0 Å². The fourth-order valence-electron chi connectivity index (χ4n) is 2.96. The number of amides is 1. The molecular weight excluding hydrogens is 378 g/mol. The average Bonchev–Trinajstić information content (AvgIpc) is 3.03. The van der Waals surface area contributed by atoms with E-state index in [2.05, 4.69) is 15.3 Å². The van der Waals surface area contributed by atoms with Gasteiger partial charge in [0.25, 0.3) is 0 Å². The summed E-state index contributed by atoms with van der Waals surface area (Å²) >= 11 is 0. The Bertz CT molecular complexity index is 1090. The summed E-state index contributed by atoms with van der Waals surface area (Å²) in [7, 11) is -0.530. The van der Waals surface area contributed by atoms with E-state index in [0.717, 1.165) is 11.3 Å². The van der Waals surface area contributed by atoms with Crippen LogP contribution in [0.2, 0.25) is 0 Å². The van der Waals surface area contributed by atoms with Crippen LogP contribution in [-0.4, -0.2) is 47.3 Å². The van der Waals surface area contributed by atoms with Crippen LogP contribution in [0.5, 0.6) is 0 Å². The SMILES string of the molecule is CCn1c(CCC(=O)Nc2ccncc2)nc2cc(S(=O)(=O)N(C)C)ccc21. The molecule has 0 aliphatic rings. The maximum Gasteiger partial charge on any atom is 0.242 e. The summed E-state index contributed by atoms with van der Waals surface area (Å²) in [6, 6.07) is 8.39. The Morgan fingerprint density at radius 1 is 1.18 bits per heavy atom. The number of aromatic nitrogens is 3. The summed E-state index contributed by atoms with van der Waals surface area (Å²) in [6.45, 7) is 2.67. The van der Waals surface area contributed by atoms with Gasteiger partial charge in [0.1, 0.15) is 5.82 Å². The first-order valence-electron chi connectivity index (χ1n) is 8.94. The van der Waals surface area contributed by atoms with Gasteiger partial charge in [-0.3, -0.25) is 9.78 Å². The summed E-state index contributed by atoms with van der Waals surface area (Å²) in [6.07, 6.45) is 3.96. The number of anilines is 1. The maximum absolute atomic E-state index is 12.4. The van der Waals surface area contributed by atoms with Gasteiger partial charge in [-0.05, 0) is 37.3 Å². The minimum absolute atomic E-state index is 0.114. The number of nitrogens with zero attached hydrogens (tertiary/aromatic N) is 4. The first-order chi connectivity index (χ1) is 13.3. The van der Waals surface area contributed by atoms with Crippen molar-refractivity contribution < 1.29 is 13.2 Å². The van der Waals surface area contributed by atoms with Crippen molar-refractivity contribution in [3.63, 3.8) is 0 Å². The Kier molecular flexibility index (Phi) is 5.76. The predicted octanol–water partition coefficient (Wildman–Crippen LogP) is 2.27. The molecule has 0 saturated carbocycles. The quantitative estimate of drug-likeness (QED) is 0.655. The molecule has 0 radical (unpaired) electrons. The zero-order valence-corrected chi connectivity index (χ0v) is 16.9. The van der Waals surface area contributed by atoms with Gasteiger partial charge in [0, 0.05) is 51.6 Å². The third-order valence-corrected chi connectivity index (χ3v) is 6.24. The molecule has 1 amide bonds. The van der Waals surface area contributed by atoms with Crippen LogP contribution in [0.1, 0.15) is 19.2 Å². The van der Waals surface area contributed by atoms with Crippen molar-refractivity contribution in [1.82, 2.24) is 18.8 Å². The molecule has 9 heteroatoms. The molecule has 28 heavy (non-hydrogen) atoms. The zero-order chi connectivity index (χ0) is 20.3. The number of pyridine rings is 1. The van der Waals surface area contributed by atoms with Crippen molar-refractivity contribution in [3.05, 3.63) is 48.5 Å². The van der Waals surface area contributed by atoms with E-state index in [9.17, 15) is 13.2 Å². The van der Waals surface area contributed by atoms with E-state index in [4.69, 9.17) is 0 Å².